The summed E-state index contributed by atoms with van der Waals surface area (Å²) in [5.74, 6) is 0. The number of hydrogen-bond donors (Lipinski definition) is 2. The Balaban J connectivity index is 2.54. The van der Waals surface area contributed by atoms with Gasteiger partial charge in [0.1, 0.15) is 0 Å². The molecule has 0 radical (unpaired) electrons. The summed E-state index contributed by atoms with van der Waals surface area (Å²) in [5, 5.41) is 3.58. The third kappa shape index (κ3) is 1.85. The molecule has 0 aliphatic carbocycles. The quantitative estimate of drug-likeness (QED) is 0.807. The molecule has 1 heterocycles. The molecule has 2 rings (SSSR count). The number of rotatable bonds is 2. The van der Waals surface area contributed by atoms with Gasteiger partial charge in [-0.05, 0) is 25.1 Å². The van der Waals surface area contributed by atoms with E-state index in [1.807, 2.05) is 6.92 Å². The van der Waals surface area contributed by atoms with Crippen LogP contribution in [0.5, 0.6) is 0 Å². The molecule has 1 aromatic carbocycles. The van der Waals surface area contributed by atoms with Gasteiger partial charge in [0.15, 0.2) is 0 Å². The second kappa shape index (κ2) is 3.73. The van der Waals surface area contributed by atoms with Crippen LogP contribution in [-0.4, -0.2) is 11.5 Å². The zero-order valence-electron chi connectivity index (χ0n) is 8.65. The van der Waals surface area contributed by atoms with Gasteiger partial charge in [-0.3, -0.25) is 0 Å². The zero-order valence-corrected chi connectivity index (χ0v) is 8.65. The van der Waals surface area contributed by atoms with E-state index in [1.165, 1.54) is 6.07 Å². The Kier molecular flexibility index (Phi) is 2.53. The van der Waals surface area contributed by atoms with Crippen molar-refractivity contribution >= 4 is 16.6 Å². The lowest BCUT2D eigenvalue weighted by atomic mass is 10.1. The molecule has 0 atom stereocenters. The summed E-state index contributed by atoms with van der Waals surface area (Å²) in [6.45, 7) is 2.57. The molecule has 0 aliphatic heterocycles. The molecule has 0 saturated carbocycles. The smallest absolute Gasteiger partial charge is 0.384 e. The topological polar surface area (TPSA) is 27.8 Å². The summed E-state index contributed by atoms with van der Waals surface area (Å²) in [7, 11) is 0. The highest BCUT2D eigenvalue weighted by atomic mass is 19.4. The standard InChI is InChI=1S/C11H11F3N2/c1-2-15-10-6-16-9-4-3-7(5-8(9)10)11(12,13)14/h3-6,15-16H,2H2,1H3. The molecule has 86 valence electrons. The van der Waals surface area contributed by atoms with Gasteiger partial charge in [-0.2, -0.15) is 13.2 Å². The fraction of sp³-hybridized carbons (Fsp3) is 0.273. The van der Waals surface area contributed by atoms with Crippen molar-refractivity contribution in [2.24, 2.45) is 0 Å². The summed E-state index contributed by atoms with van der Waals surface area (Å²) in [5.41, 5.74) is 0.770. The first kappa shape index (κ1) is 10.9. The van der Waals surface area contributed by atoms with Crippen molar-refractivity contribution < 1.29 is 13.2 Å². The summed E-state index contributed by atoms with van der Waals surface area (Å²) >= 11 is 0. The maximum atomic E-state index is 12.5. The van der Waals surface area contributed by atoms with Crippen molar-refractivity contribution in [3.63, 3.8) is 0 Å². The van der Waals surface area contributed by atoms with Crippen LogP contribution in [0.15, 0.2) is 24.4 Å². The van der Waals surface area contributed by atoms with Gasteiger partial charge in [-0.1, -0.05) is 0 Å². The molecule has 0 unspecified atom stereocenters. The summed E-state index contributed by atoms with van der Waals surface area (Å²) in [6.07, 6.45) is -2.62. The largest absolute Gasteiger partial charge is 0.416 e. The molecular weight excluding hydrogens is 217 g/mol. The number of fused-ring (bicyclic) bond motifs is 1. The zero-order chi connectivity index (χ0) is 11.8. The number of aromatic nitrogens is 1. The molecule has 1 aromatic heterocycles. The van der Waals surface area contributed by atoms with Crippen LogP contribution in [0.2, 0.25) is 0 Å². The predicted molar refractivity (Wildman–Crippen MR) is 57.5 cm³/mol. The highest BCUT2D eigenvalue weighted by molar-refractivity contribution is 5.92. The van der Waals surface area contributed by atoms with Crippen molar-refractivity contribution in [3.05, 3.63) is 30.0 Å². The highest BCUT2D eigenvalue weighted by Crippen LogP contribution is 2.33. The van der Waals surface area contributed by atoms with E-state index in [1.54, 1.807) is 6.20 Å². The monoisotopic (exact) mass is 228 g/mol. The van der Waals surface area contributed by atoms with Gasteiger partial charge in [0.05, 0.1) is 11.3 Å². The lowest BCUT2D eigenvalue weighted by Crippen LogP contribution is -2.04. The van der Waals surface area contributed by atoms with E-state index in [0.717, 1.165) is 12.1 Å². The maximum Gasteiger partial charge on any atom is 0.416 e. The number of hydrogen-bond acceptors (Lipinski definition) is 1. The van der Waals surface area contributed by atoms with Gasteiger partial charge in [-0.15, -0.1) is 0 Å². The average Bonchev–Trinajstić information content (AvgIpc) is 2.60. The van der Waals surface area contributed by atoms with Gasteiger partial charge in [0.2, 0.25) is 0 Å². The SMILES string of the molecule is CCNc1c[nH]c2ccc(C(F)(F)F)cc12. The molecule has 0 fully saturated rings. The van der Waals surface area contributed by atoms with Crippen molar-refractivity contribution in [2.45, 2.75) is 13.1 Å². The Bertz CT molecular complexity index is 499. The van der Waals surface area contributed by atoms with Crippen molar-refractivity contribution in [1.29, 1.82) is 0 Å². The van der Waals surface area contributed by atoms with E-state index in [0.29, 0.717) is 23.1 Å². The fourth-order valence-corrected chi connectivity index (χ4v) is 1.63. The van der Waals surface area contributed by atoms with Crippen molar-refractivity contribution in [2.75, 3.05) is 11.9 Å². The van der Waals surface area contributed by atoms with E-state index in [9.17, 15) is 13.2 Å². The number of H-pyrrole nitrogens is 1. The van der Waals surface area contributed by atoms with Crippen LogP contribution in [0.4, 0.5) is 18.9 Å². The molecule has 5 heteroatoms. The average molecular weight is 228 g/mol. The Morgan fingerprint density at radius 1 is 1.31 bits per heavy atom. The van der Waals surface area contributed by atoms with Gasteiger partial charge in [0.25, 0.3) is 0 Å². The van der Waals surface area contributed by atoms with Gasteiger partial charge in [-0.25, -0.2) is 0 Å². The Labute approximate surface area is 90.5 Å². The maximum absolute atomic E-state index is 12.5. The van der Waals surface area contributed by atoms with Crippen molar-refractivity contribution in [1.82, 2.24) is 4.98 Å². The first-order chi connectivity index (χ1) is 7.52. The number of alkyl halides is 3. The molecule has 0 amide bonds. The molecule has 2 aromatic rings. The second-order valence-corrected chi connectivity index (χ2v) is 3.49. The van der Waals surface area contributed by atoms with Crippen molar-refractivity contribution in [3.8, 4) is 0 Å². The summed E-state index contributed by atoms with van der Waals surface area (Å²) in [6, 6.07) is 3.68. The molecule has 2 N–H and O–H groups in total. The number of aromatic amines is 1. The fourth-order valence-electron chi connectivity index (χ4n) is 1.63. The van der Waals surface area contributed by atoms with Crippen LogP contribution in [0, 0.1) is 0 Å². The van der Waals surface area contributed by atoms with Crippen LogP contribution in [0.1, 0.15) is 12.5 Å². The summed E-state index contributed by atoms with van der Waals surface area (Å²) in [4.78, 5) is 2.92. The van der Waals surface area contributed by atoms with Gasteiger partial charge < -0.3 is 10.3 Å². The molecular formula is C11H11F3N2. The Morgan fingerprint density at radius 3 is 2.69 bits per heavy atom. The molecule has 0 bridgehead atoms. The number of halogens is 3. The summed E-state index contributed by atoms with van der Waals surface area (Å²) < 4.78 is 37.5. The van der Waals surface area contributed by atoms with Crippen LogP contribution in [-0.2, 0) is 6.18 Å². The minimum Gasteiger partial charge on any atom is -0.384 e. The minimum atomic E-state index is -4.30. The van der Waals surface area contributed by atoms with Gasteiger partial charge in [0, 0.05) is 23.6 Å². The van der Waals surface area contributed by atoms with E-state index >= 15 is 0 Å². The van der Waals surface area contributed by atoms with E-state index in [2.05, 4.69) is 10.3 Å². The molecule has 0 saturated heterocycles. The Morgan fingerprint density at radius 2 is 2.06 bits per heavy atom. The van der Waals surface area contributed by atoms with E-state index in [-0.39, 0.29) is 0 Å². The molecule has 2 nitrogen and oxygen atoms in total. The lowest BCUT2D eigenvalue weighted by molar-refractivity contribution is -0.137. The molecule has 0 spiro atoms. The first-order valence-corrected chi connectivity index (χ1v) is 4.94. The van der Waals surface area contributed by atoms with Gasteiger partial charge >= 0.3 is 6.18 Å². The van der Waals surface area contributed by atoms with E-state index in [4.69, 9.17) is 0 Å². The predicted octanol–water partition coefficient (Wildman–Crippen LogP) is 3.62. The third-order valence-electron chi connectivity index (χ3n) is 2.38. The molecule has 16 heavy (non-hydrogen) atoms. The number of anilines is 1. The third-order valence-corrected chi connectivity index (χ3v) is 2.38. The second-order valence-electron chi connectivity index (χ2n) is 3.49. The minimum absolute atomic E-state index is 0.566. The van der Waals surface area contributed by atoms with Crippen LogP contribution >= 0.6 is 0 Å². The van der Waals surface area contributed by atoms with Crippen LogP contribution in [0.25, 0.3) is 10.9 Å². The van der Waals surface area contributed by atoms with Crippen LogP contribution in [0.3, 0.4) is 0 Å². The number of benzene rings is 1. The lowest BCUT2D eigenvalue weighted by Gasteiger charge is -2.07. The molecule has 0 aliphatic rings. The Hall–Kier alpha value is -1.65. The number of nitrogens with one attached hydrogen (secondary N) is 2. The normalized spacial score (nSPS) is 12.0. The highest BCUT2D eigenvalue weighted by Gasteiger charge is 2.30. The first-order valence-electron chi connectivity index (χ1n) is 4.94. The van der Waals surface area contributed by atoms with Crippen LogP contribution < -0.4 is 5.32 Å². The van der Waals surface area contributed by atoms with E-state index < -0.39 is 11.7 Å².